The molecule has 0 fully saturated rings. The van der Waals surface area contributed by atoms with E-state index < -0.39 is 20.7 Å². The highest BCUT2D eigenvalue weighted by Gasteiger charge is 2.28. The highest BCUT2D eigenvalue weighted by molar-refractivity contribution is 7.89. The van der Waals surface area contributed by atoms with Crippen molar-refractivity contribution in [3.63, 3.8) is 0 Å². The number of sulfonamides is 1. The van der Waals surface area contributed by atoms with Crippen molar-refractivity contribution in [1.82, 2.24) is 9.21 Å². The average molecular weight is 397 g/mol. The second-order valence-electron chi connectivity index (χ2n) is 6.08. The molecule has 0 saturated heterocycles. The molecule has 0 radical (unpaired) electrons. The predicted octanol–water partition coefficient (Wildman–Crippen LogP) is 3.12. The molecule has 2 heterocycles. The van der Waals surface area contributed by atoms with Crippen molar-refractivity contribution >= 4 is 27.3 Å². The summed E-state index contributed by atoms with van der Waals surface area (Å²) in [6, 6.07) is 5.57. The van der Waals surface area contributed by atoms with Crippen molar-refractivity contribution < 1.29 is 17.6 Å². The summed E-state index contributed by atoms with van der Waals surface area (Å²) in [4.78, 5) is 15.3. The Morgan fingerprint density at radius 3 is 2.69 bits per heavy atom. The zero-order valence-electron chi connectivity index (χ0n) is 14.7. The number of hydrogen-bond donors (Lipinski definition) is 0. The normalized spacial score (nSPS) is 14.5. The van der Waals surface area contributed by atoms with Crippen LogP contribution < -0.4 is 0 Å². The number of amides is 1. The molecular weight excluding hydrogens is 375 g/mol. The Labute approximate surface area is 157 Å². The number of rotatable bonds is 5. The first-order valence-corrected chi connectivity index (χ1v) is 10.8. The quantitative estimate of drug-likeness (QED) is 0.780. The zero-order valence-corrected chi connectivity index (χ0v) is 16.4. The number of carbonyl (C=O) groups is 1. The van der Waals surface area contributed by atoms with Gasteiger partial charge in [-0.3, -0.25) is 4.79 Å². The van der Waals surface area contributed by atoms with E-state index >= 15 is 0 Å². The Hall–Kier alpha value is -1.77. The van der Waals surface area contributed by atoms with Crippen LogP contribution in [0.4, 0.5) is 4.39 Å². The van der Waals surface area contributed by atoms with Crippen LogP contribution in [0.25, 0.3) is 0 Å². The first-order chi connectivity index (χ1) is 12.4. The predicted molar refractivity (Wildman–Crippen MR) is 99.3 cm³/mol. The Morgan fingerprint density at radius 1 is 1.27 bits per heavy atom. The monoisotopic (exact) mass is 396 g/mol. The van der Waals surface area contributed by atoms with Gasteiger partial charge in [0.15, 0.2) is 0 Å². The van der Waals surface area contributed by atoms with Crippen LogP contribution in [0.3, 0.4) is 0 Å². The average Bonchev–Trinajstić information content (AvgIpc) is 3.09. The molecule has 8 heteroatoms. The SMILES string of the molecule is CCN(CC)S(=O)(=O)c1cc(C(=O)N2CCc3sccc3C2)ccc1F. The fourth-order valence-electron chi connectivity index (χ4n) is 3.14. The summed E-state index contributed by atoms with van der Waals surface area (Å²) < 4.78 is 40.7. The van der Waals surface area contributed by atoms with E-state index in [2.05, 4.69) is 0 Å². The van der Waals surface area contributed by atoms with Crippen LogP contribution in [0.1, 0.15) is 34.6 Å². The molecule has 3 rings (SSSR count). The molecule has 0 bridgehead atoms. The molecule has 0 spiro atoms. The summed E-state index contributed by atoms with van der Waals surface area (Å²) in [5.74, 6) is -1.12. The molecular formula is C18H21FN2O3S2. The highest BCUT2D eigenvalue weighted by Crippen LogP contribution is 2.26. The molecule has 1 aromatic carbocycles. The molecule has 0 atom stereocenters. The van der Waals surface area contributed by atoms with Gasteiger partial charge in [-0.25, -0.2) is 12.8 Å². The number of benzene rings is 1. The first kappa shape index (κ1) is 19.0. The minimum atomic E-state index is -3.97. The number of carbonyl (C=O) groups excluding carboxylic acids is 1. The van der Waals surface area contributed by atoms with Crippen molar-refractivity contribution in [2.75, 3.05) is 19.6 Å². The smallest absolute Gasteiger partial charge is 0.254 e. The van der Waals surface area contributed by atoms with Crippen LogP contribution in [-0.4, -0.2) is 43.2 Å². The van der Waals surface area contributed by atoms with Gasteiger partial charge in [-0.2, -0.15) is 4.31 Å². The summed E-state index contributed by atoms with van der Waals surface area (Å²) in [6.45, 7) is 4.93. The van der Waals surface area contributed by atoms with Crippen molar-refractivity contribution in [2.24, 2.45) is 0 Å². The van der Waals surface area contributed by atoms with E-state index in [-0.39, 0.29) is 24.6 Å². The van der Waals surface area contributed by atoms with Crippen LogP contribution in [0, 0.1) is 5.82 Å². The molecule has 0 unspecified atom stereocenters. The van der Waals surface area contributed by atoms with Gasteiger partial charge in [0.2, 0.25) is 10.0 Å². The van der Waals surface area contributed by atoms with Gasteiger partial charge in [-0.15, -0.1) is 11.3 Å². The summed E-state index contributed by atoms with van der Waals surface area (Å²) in [5, 5.41) is 2.01. The van der Waals surface area contributed by atoms with E-state index in [9.17, 15) is 17.6 Å². The van der Waals surface area contributed by atoms with Gasteiger partial charge < -0.3 is 4.90 Å². The van der Waals surface area contributed by atoms with E-state index in [0.29, 0.717) is 13.1 Å². The molecule has 1 aliphatic heterocycles. The second-order valence-corrected chi connectivity index (χ2v) is 8.99. The van der Waals surface area contributed by atoms with Crippen molar-refractivity contribution in [3.05, 3.63) is 51.5 Å². The molecule has 26 heavy (non-hydrogen) atoms. The zero-order chi connectivity index (χ0) is 18.9. The summed E-state index contributed by atoms with van der Waals surface area (Å²) >= 11 is 1.68. The molecule has 1 aliphatic rings. The molecule has 5 nitrogen and oxygen atoms in total. The molecule has 1 aromatic heterocycles. The fraction of sp³-hybridized carbons (Fsp3) is 0.389. The topological polar surface area (TPSA) is 57.7 Å². The van der Waals surface area contributed by atoms with Crippen LogP contribution in [0.15, 0.2) is 34.5 Å². The molecule has 140 valence electrons. The van der Waals surface area contributed by atoms with Crippen LogP contribution in [0.5, 0.6) is 0 Å². The lowest BCUT2D eigenvalue weighted by molar-refractivity contribution is 0.0735. The Morgan fingerprint density at radius 2 is 2.00 bits per heavy atom. The van der Waals surface area contributed by atoms with Gasteiger partial charge in [0.25, 0.3) is 5.91 Å². The number of fused-ring (bicyclic) bond motifs is 1. The standard InChI is InChI=1S/C18H21FN2O3S2/c1-3-21(4-2)26(23,24)17-11-13(5-6-15(17)19)18(22)20-9-7-16-14(12-20)8-10-25-16/h5-6,8,10-11H,3-4,7,9,12H2,1-2H3. The van der Waals surface area contributed by atoms with Crippen molar-refractivity contribution in [3.8, 4) is 0 Å². The molecule has 1 amide bonds. The van der Waals surface area contributed by atoms with Gasteiger partial charge in [0, 0.05) is 36.6 Å². The number of hydrogen-bond acceptors (Lipinski definition) is 4. The van der Waals surface area contributed by atoms with Crippen LogP contribution in [0.2, 0.25) is 0 Å². The summed E-state index contributed by atoms with van der Waals surface area (Å²) in [7, 11) is -3.97. The van der Waals surface area contributed by atoms with E-state index in [1.165, 1.54) is 15.2 Å². The third-order valence-electron chi connectivity index (χ3n) is 4.60. The largest absolute Gasteiger partial charge is 0.334 e. The van der Waals surface area contributed by atoms with Crippen molar-refractivity contribution in [1.29, 1.82) is 0 Å². The maximum absolute atomic E-state index is 14.2. The van der Waals surface area contributed by atoms with Gasteiger partial charge in [0.1, 0.15) is 10.7 Å². The molecule has 0 saturated carbocycles. The minimum absolute atomic E-state index is 0.191. The lowest BCUT2D eigenvalue weighted by Crippen LogP contribution is -2.36. The molecule has 0 N–H and O–H groups in total. The summed E-state index contributed by atoms with van der Waals surface area (Å²) in [6.07, 6.45) is 0.782. The Kier molecular flexibility index (Phi) is 5.45. The third kappa shape index (κ3) is 3.41. The number of nitrogens with zero attached hydrogens (tertiary/aromatic N) is 2. The summed E-state index contributed by atoms with van der Waals surface area (Å²) in [5.41, 5.74) is 1.31. The molecule has 0 aliphatic carbocycles. The lowest BCUT2D eigenvalue weighted by atomic mass is 10.1. The van der Waals surface area contributed by atoms with Gasteiger partial charge in [-0.05, 0) is 41.6 Å². The lowest BCUT2D eigenvalue weighted by Gasteiger charge is -2.27. The third-order valence-corrected chi connectivity index (χ3v) is 7.68. The van der Waals surface area contributed by atoms with E-state index in [1.54, 1.807) is 30.1 Å². The van der Waals surface area contributed by atoms with E-state index in [4.69, 9.17) is 0 Å². The Balaban J connectivity index is 1.91. The van der Waals surface area contributed by atoms with Gasteiger partial charge in [-0.1, -0.05) is 13.8 Å². The van der Waals surface area contributed by atoms with E-state index in [0.717, 1.165) is 24.1 Å². The van der Waals surface area contributed by atoms with Gasteiger partial charge in [0.05, 0.1) is 0 Å². The maximum atomic E-state index is 14.2. The van der Waals surface area contributed by atoms with Crippen molar-refractivity contribution in [2.45, 2.75) is 31.7 Å². The van der Waals surface area contributed by atoms with Crippen LogP contribution >= 0.6 is 11.3 Å². The molecule has 2 aromatic rings. The number of halogens is 1. The van der Waals surface area contributed by atoms with Crippen LogP contribution in [-0.2, 0) is 23.0 Å². The second kappa shape index (κ2) is 7.46. The number of thiophene rings is 1. The maximum Gasteiger partial charge on any atom is 0.254 e. The minimum Gasteiger partial charge on any atom is -0.334 e. The highest BCUT2D eigenvalue weighted by atomic mass is 32.2. The Bertz CT molecular complexity index is 920. The van der Waals surface area contributed by atoms with E-state index in [1.807, 2.05) is 11.4 Å². The first-order valence-electron chi connectivity index (χ1n) is 8.52. The fourth-order valence-corrected chi connectivity index (χ4v) is 5.58. The van der Waals surface area contributed by atoms with Gasteiger partial charge >= 0.3 is 0 Å².